The van der Waals surface area contributed by atoms with Crippen LogP contribution in [0, 0.1) is 0 Å². The van der Waals surface area contributed by atoms with Crippen LogP contribution in [0.4, 0.5) is 0 Å². The zero-order chi connectivity index (χ0) is 9.68. The lowest BCUT2D eigenvalue weighted by Crippen LogP contribution is -1.96. The molecule has 1 rings (SSSR count). The van der Waals surface area contributed by atoms with E-state index in [1.54, 1.807) is 0 Å². The number of hydrogen-bond acceptors (Lipinski definition) is 1. The summed E-state index contributed by atoms with van der Waals surface area (Å²) in [7, 11) is 0. The Balaban J connectivity index is 2.67. The molecule has 72 valence electrons. The molecular weight excluding hydrogens is 160 g/mol. The fraction of sp³-hybridized carbons (Fsp3) is 0.500. The molecule has 0 saturated carbocycles. The Kier molecular flexibility index (Phi) is 3.97. The van der Waals surface area contributed by atoms with Crippen molar-refractivity contribution < 1.29 is 5.11 Å². The molecule has 0 spiro atoms. The van der Waals surface area contributed by atoms with Crippen molar-refractivity contribution in [3.05, 3.63) is 35.4 Å². The first-order chi connectivity index (χ1) is 6.27. The zero-order valence-electron chi connectivity index (χ0n) is 8.46. The standard InChI is InChI=1S/C12H18O/c1-3-11-4-6-12(7-5-11)10(2)8-9-13/h4-7,10,13H,3,8-9H2,1-2H3. The summed E-state index contributed by atoms with van der Waals surface area (Å²) < 4.78 is 0. The van der Waals surface area contributed by atoms with Gasteiger partial charge in [-0.25, -0.2) is 0 Å². The highest BCUT2D eigenvalue weighted by Crippen LogP contribution is 2.18. The van der Waals surface area contributed by atoms with E-state index in [0.29, 0.717) is 5.92 Å². The molecule has 1 N–H and O–H groups in total. The topological polar surface area (TPSA) is 20.2 Å². The molecular formula is C12H18O. The zero-order valence-corrected chi connectivity index (χ0v) is 8.46. The van der Waals surface area contributed by atoms with Crippen LogP contribution in [-0.2, 0) is 6.42 Å². The van der Waals surface area contributed by atoms with Gasteiger partial charge in [0.2, 0.25) is 0 Å². The van der Waals surface area contributed by atoms with Gasteiger partial charge in [0.15, 0.2) is 0 Å². The van der Waals surface area contributed by atoms with Crippen molar-refractivity contribution in [2.45, 2.75) is 32.6 Å². The number of rotatable bonds is 4. The van der Waals surface area contributed by atoms with Crippen molar-refractivity contribution in [2.75, 3.05) is 6.61 Å². The normalized spacial score (nSPS) is 12.8. The quantitative estimate of drug-likeness (QED) is 0.751. The van der Waals surface area contributed by atoms with Crippen LogP contribution in [0.5, 0.6) is 0 Å². The molecule has 1 unspecified atom stereocenters. The molecule has 1 aromatic carbocycles. The largest absolute Gasteiger partial charge is 0.396 e. The van der Waals surface area contributed by atoms with E-state index in [-0.39, 0.29) is 6.61 Å². The first-order valence-corrected chi connectivity index (χ1v) is 4.97. The van der Waals surface area contributed by atoms with Gasteiger partial charge in [0.1, 0.15) is 0 Å². The van der Waals surface area contributed by atoms with Gasteiger partial charge in [0, 0.05) is 6.61 Å². The second-order valence-corrected chi connectivity index (χ2v) is 3.51. The summed E-state index contributed by atoms with van der Waals surface area (Å²) in [6, 6.07) is 8.67. The summed E-state index contributed by atoms with van der Waals surface area (Å²) >= 11 is 0. The molecule has 13 heavy (non-hydrogen) atoms. The minimum Gasteiger partial charge on any atom is -0.396 e. The number of aliphatic hydroxyl groups excluding tert-OH is 1. The number of hydrogen-bond donors (Lipinski definition) is 1. The molecule has 0 aliphatic heterocycles. The SMILES string of the molecule is CCc1ccc(C(C)CCO)cc1. The third-order valence-electron chi connectivity index (χ3n) is 2.52. The highest BCUT2D eigenvalue weighted by Gasteiger charge is 2.03. The Bertz CT molecular complexity index is 238. The van der Waals surface area contributed by atoms with E-state index in [2.05, 4.69) is 38.1 Å². The molecule has 0 saturated heterocycles. The Morgan fingerprint density at radius 2 is 1.85 bits per heavy atom. The van der Waals surface area contributed by atoms with Gasteiger partial charge in [0.25, 0.3) is 0 Å². The fourth-order valence-electron chi connectivity index (χ4n) is 1.44. The fourth-order valence-corrected chi connectivity index (χ4v) is 1.44. The van der Waals surface area contributed by atoms with Gasteiger partial charge in [-0.1, -0.05) is 38.1 Å². The molecule has 0 aromatic heterocycles. The summed E-state index contributed by atoms with van der Waals surface area (Å²) in [6.07, 6.45) is 1.94. The molecule has 0 heterocycles. The number of aliphatic hydroxyl groups is 1. The van der Waals surface area contributed by atoms with Crippen molar-refractivity contribution in [1.29, 1.82) is 0 Å². The molecule has 0 aliphatic rings. The van der Waals surface area contributed by atoms with Gasteiger partial charge < -0.3 is 5.11 Å². The van der Waals surface area contributed by atoms with Gasteiger partial charge in [-0.15, -0.1) is 0 Å². The highest BCUT2D eigenvalue weighted by atomic mass is 16.3. The van der Waals surface area contributed by atoms with Crippen LogP contribution in [0.3, 0.4) is 0 Å². The lowest BCUT2D eigenvalue weighted by Gasteiger charge is -2.10. The summed E-state index contributed by atoms with van der Waals surface area (Å²) in [5, 5.41) is 8.80. The van der Waals surface area contributed by atoms with Crippen molar-refractivity contribution in [1.82, 2.24) is 0 Å². The molecule has 1 aromatic rings. The van der Waals surface area contributed by atoms with Crippen LogP contribution < -0.4 is 0 Å². The first-order valence-electron chi connectivity index (χ1n) is 4.97. The molecule has 0 radical (unpaired) electrons. The van der Waals surface area contributed by atoms with E-state index in [0.717, 1.165) is 12.8 Å². The predicted octanol–water partition coefficient (Wildman–Crippen LogP) is 2.73. The summed E-state index contributed by atoms with van der Waals surface area (Å²) in [6.45, 7) is 4.58. The maximum Gasteiger partial charge on any atom is 0.0436 e. The van der Waals surface area contributed by atoms with E-state index in [4.69, 9.17) is 5.11 Å². The maximum atomic E-state index is 8.80. The van der Waals surface area contributed by atoms with Crippen LogP contribution in [-0.4, -0.2) is 11.7 Å². The minimum absolute atomic E-state index is 0.274. The predicted molar refractivity (Wildman–Crippen MR) is 55.9 cm³/mol. The molecule has 0 amide bonds. The summed E-state index contributed by atoms with van der Waals surface area (Å²) in [5.41, 5.74) is 2.70. The average molecular weight is 178 g/mol. The van der Waals surface area contributed by atoms with Gasteiger partial charge in [0.05, 0.1) is 0 Å². The Morgan fingerprint density at radius 3 is 2.31 bits per heavy atom. The third kappa shape index (κ3) is 2.85. The van der Waals surface area contributed by atoms with Crippen molar-refractivity contribution in [3.63, 3.8) is 0 Å². The number of benzene rings is 1. The second-order valence-electron chi connectivity index (χ2n) is 3.51. The van der Waals surface area contributed by atoms with Crippen molar-refractivity contribution in [3.8, 4) is 0 Å². The van der Waals surface area contributed by atoms with Crippen LogP contribution in [0.15, 0.2) is 24.3 Å². The van der Waals surface area contributed by atoms with Crippen LogP contribution in [0.2, 0.25) is 0 Å². The average Bonchev–Trinajstić information content (AvgIpc) is 2.18. The smallest absolute Gasteiger partial charge is 0.0436 e. The maximum absolute atomic E-state index is 8.80. The number of aryl methyl sites for hydroxylation is 1. The van der Waals surface area contributed by atoms with Gasteiger partial charge >= 0.3 is 0 Å². The van der Waals surface area contributed by atoms with E-state index >= 15 is 0 Å². The van der Waals surface area contributed by atoms with E-state index in [1.165, 1.54) is 11.1 Å². The minimum atomic E-state index is 0.274. The molecule has 1 heteroatoms. The highest BCUT2D eigenvalue weighted by molar-refractivity contribution is 5.24. The first kappa shape index (κ1) is 10.3. The third-order valence-corrected chi connectivity index (χ3v) is 2.52. The monoisotopic (exact) mass is 178 g/mol. The van der Waals surface area contributed by atoms with Gasteiger partial charge in [-0.3, -0.25) is 0 Å². The molecule has 1 nitrogen and oxygen atoms in total. The van der Waals surface area contributed by atoms with Crippen LogP contribution in [0.25, 0.3) is 0 Å². The van der Waals surface area contributed by atoms with Crippen LogP contribution in [0.1, 0.15) is 37.3 Å². The summed E-state index contributed by atoms with van der Waals surface area (Å²) in [5.74, 6) is 0.468. The van der Waals surface area contributed by atoms with Gasteiger partial charge in [-0.05, 0) is 29.9 Å². The van der Waals surface area contributed by atoms with E-state index in [9.17, 15) is 0 Å². The molecule has 0 bridgehead atoms. The molecule has 1 atom stereocenters. The Morgan fingerprint density at radius 1 is 1.23 bits per heavy atom. The Labute approximate surface area is 80.4 Å². The summed E-state index contributed by atoms with van der Waals surface area (Å²) in [4.78, 5) is 0. The van der Waals surface area contributed by atoms with Crippen LogP contribution >= 0.6 is 0 Å². The molecule has 0 aliphatic carbocycles. The van der Waals surface area contributed by atoms with Crippen molar-refractivity contribution in [2.24, 2.45) is 0 Å². The van der Waals surface area contributed by atoms with Crippen molar-refractivity contribution >= 4 is 0 Å². The van der Waals surface area contributed by atoms with E-state index in [1.807, 2.05) is 0 Å². The molecule has 0 fully saturated rings. The second kappa shape index (κ2) is 5.03. The Hall–Kier alpha value is -0.820. The lowest BCUT2D eigenvalue weighted by molar-refractivity contribution is 0.278. The van der Waals surface area contributed by atoms with E-state index < -0.39 is 0 Å². The lowest BCUT2D eigenvalue weighted by atomic mass is 9.97. The van der Waals surface area contributed by atoms with Gasteiger partial charge in [-0.2, -0.15) is 0 Å².